The number of hydrogen-bond donors (Lipinski definition) is 0. The summed E-state index contributed by atoms with van der Waals surface area (Å²) in [5.41, 5.74) is 2.54. The molecule has 0 atom stereocenters. The molecule has 0 radical (unpaired) electrons. The quantitative estimate of drug-likeness (QED) is 0.275. The molecule has 0 amide bonds. The number of halogens is 1. The van der Waals surface area contributed by atoms with Crippen LogP contribution < -0.4 is 0 Å². The molecule has 3 nitrogen and oxygen atoms in total. The van der Waals surface area contributed by atoms with Crippen molar-refractivity contribution in [2.45, 2.75) is 11.2 Å². The molecular formula is C24H31FO3S. The normalized spacial score (nSPS) is 11.5. The average Bonchev–Trinajstić information content (AvgIpc) is 2.78. The number of hydrogen-bond acceptors (Lipinski definition) is 4. The predicted molar refractivity (Wildman–Crippen MR) is 119 cm³/mol. The molecule has 0 unspecified atom stereocenters. The highest BCUT2D eigenvalue weighted by atomic mass is 32.2. The van der Waals surface area contributed by atoms with Crippen molar-refractivity contribution in [2.75, 3.05) is 52.1 Å². The first-order valence-corrected chi connectivity index (χ1v) is 11.0. The summed E-state index contributed by atoms with van der Waals surface area (Å²) in [4.78, 5) is 0. The van der Waals surface area contributed by atoms with Crippen LogP contribution >= 0.6 is 11.8 Å². The van der Waals surface area contributed by atoms with Gasteiger partial charge in [-0.05, 0) is 17.5 Å². The van der Waals surface area contributed by atoms with Gasteiger partial charge in [-0.15, -0.1) is 18.3 Å². The maximum Gasteiger partial charge on any atom is 0.113 e. The molecule has 0 aliphatic heterocycles. The van der Waals surface area contributed by atoms with Gasteiger partial charge in [0.2, 0.25) is 0 Å². The lowest BCUT2D eigenvalue weighted by molar-refractivity contribution is 0.0150. The third kappa shape index (κ3) is 7.94. The summed E-state index contributed by atoms with van der Waals surface area (Å²) in [5, 5.41) is 0. The number of thioether (sulfide) groups is 1. The van der Waals surface area contributed by atoms with E-state index in [1.165, 1.54) is 11.1 Å². The van der Waals surface area contributed by atoms with E-state index in [-0.39, 0.29) is 11.4 Å². The topological polar surface area (TPSA) is 27.7 Å². The highest BCUT2D eigenvalue weighted by molar-refractivity contribution is 8.00. The van der Waals surface area contributed by atoms with Gasteiger partial charge >= 0.3 is 0 Å². The Morgan fingerprint density at radius 1 is 0.759 bits per heavy atom. The van der Waals surface area contributed by atoms with Gasteiger partial charge in [0.05, 0.1) is 44.4 Å². The Hall–Kier alpha value is -1.66. The Morgan fingerprint density at radius 2 is 1.24 bits per heavy atom. The molecule has 29 heavy (non-hydrogen) atoms. The van der Waals surface area contributed by atoms with Gasteiger partial charge in [0.15, 0.2) is 0 Å². The fraction of sp³-hybridized carbons (Fsp3) is 0.417. The maximum absolute atomic E-state index is 11.9. The van der Waals surface area contributed by atoms with Gasteiger partial charge in [0, 0.05) is 5.75 Å². The minimum atomic E-state index is -0.458. The maximum atomic E-state index is 11.9. The molecule has 2 aromatic carbocycles. The molecule has 0 aliphatic carbocycles. The van der Waals surface area contributed by atoms with E-state index < -0.39 is 6.67 Å². The molecule has 2 rings (SSSR count). The Labute approximate surface area is 178 Å². The summed E-state index contributed by atoms with van der Waals surface area (Å²) in [7, 11) is 0. The van der Waals surface area contributed by atoms with Crippen LogP contribution in [0.5, 0.6) is 0 Å². The van der Waals surface area contributed by atoms with Crippen molar-refractivity contribution < 1.29 is 18.6 Å². The molecule has 0 bridgehead atoms. The molecule has 0 spiro atoms. The molecule has 0 N–H and O–H groups in total. The number of allylic oxidation sites excluding steroid dienone is 1. The zero-order valence-electron chi connectivity index (χ0n) is 16.9. The van der Waals surface area contributed by atoms with Crippen LogP contribution in [0.15, 0.2) is 73.3 Å². The van der Waals surface area contributed by atoms with Gasteiger partial charge < -0.3 is 14.2 Å². The molecule has 0 aromatic heterocycles. The minimum absolute atomic E-state index is 0.131. The van der Waals surface area contributed by atoms with Gasteiger partial charge in [-0.3, -0.25) is 0 Å². The summed E-state index contributed by atoms with van der Waals surface area (Å²) < 4.78 is 27.9. The Kier molecular flexibility index (Phi) is 11.7. The third-order valence-electron chi connectivity index (χ3n) is 4.45. The van der Waals surface area contributed by atoms with Crippen LogP contribution in [0.25, 0.3) is 0 Å². The monoisotopic (exact) mass is 418 g/mol. The lowest BCUT2D eigenvalue weighted by Gasteiger charge is -2.34. The average molecular weight is 419 g/mol. The van der Waals surface area contributed by atoms with Crippen molar-refractivity contribution >= 4 is 11.8 Å². The van der Waals surface area contributed by atoms with Crippen molar-refractivity contribution in [3.05, 3.63) is 84.4 Å². The fourth-order valence-corrected chi connectivity index (χ4v) is 4.51. The van der Waals surface area contributed by atoms with Crippen LogP contribution in [0.1, 0.15) is 17.5 Å². The molecule has 0 saturated carbocycles. The van der Waals surface area contributed by atoms with Crippen molar-refractivity contribution in [1.82, 2.24) is 0 Å². The van der Waals surface area contributed by atoms with Crippen LogP contribution in [0.3, 0.4) is 0 Å². The number of rotatable bonds is 16. The van der Waals surface area contributed by atoms with E-state index in [4.69, 9.17) is 14.2 Å². The van der Waals surface area contributed by atoms with Gasteiger partial charge in [0.25, 0.3) is 0 Å². The zero-order valence-corrected chi connectivity index (χ0v) is 17.7. The fourth-order valence-electron chi connectivity index (χ4n) is 3.12. The molecule has 2 aromatic rings. The first-order chi connectivity index (χ1) is 14.3. The van der Waals surface area contributed by atoms with E-state index in [9.17, 15) is 4.39 Å². The zero-order chi connectivity index (χ0) is 20.6. The van der Waals surface area contributed by atoms with E-state index in [0.29, 0.717) is 33.0 Å². The van der Waals surface area contributed by atoms with Crippen LogP contribution in [-0.4, -0.2) is 52.1 Å². The van der Waals surface area contributed by atoms with Gasteiger partial charge in [0.1, 0.15) is 6.67 Å². The van der Waals surface area contributed by atoms with Crippen molar-refractivity contribution in [3.63, 3.8) is 0 Å². The first-order valence-electron chi connectivity index (χ1n) is 9.98. The summed E-state index contributed by atoms with van der Waals surface area (Å²) in [6, 6.07) is 21.2. The van der Waals surface area contributed by atoms with Crippen LogP contribution in [0.4, 0.5) is 4.39 Å². The van der Waals surface area contributed by atoms with E-state index in [1.54, 1.807) is 0 Å². The summed E-state index contributed by atoms with van der Waals surface area (Å²) in [5.74, 6) is 0.858. The molecule has 5 heteroatoms. The number of benzene rings is 2. The Balaban J connectivity index is 1.85. The SMILES string of the molecule is C=CCC(SCCOCCOCCOCCF)(c1ccccc1)c1ccccc1. The van der Waals surface area contributed by atoms with E-state index >= 15 is 0 Å². The van der Waals surface area contributed by atoms with Crippen molar-refractivity contribution in [1.29, 1.82) is 0 Å². The lowest BCUT2D eigenvalue weighted by Crippen LogP contribution is -2.24. The van der Waals surface area contributed by atoms with E-state index in [0.717, 1.165) is 12.2 Å². The largest absolute Gasteiger partial charge is 0.378 e. The number of alkyl halides is 1. The van der Waals surface area contributed by atoms with E-state index in [2.05, 4.69) is 55.1 Å². The first kappa shape index (κ1) is 23.6. The molecule has 0 fully saturated rings. The Morgan fingerprint density at radius 3 is 1.72 bits per heavy atom. The van der Waals surface area contributed by atoms with Crippen molar-refractivity contribution in [2.24, 2.45) is 0 Å². The van der Waals surface area contributed by atoms with Crippen molar-refractivity contribution in [3.8, 4) is 0 Å². The predicted octanol–water partition coefficient (Wildman–Crippen LogP) is 5.26. The molecule has 158 valence electrons. The summed E-state index contributed by atoms with van der Waals surface area (Å²) >= 11 is 1.88. The molecule has 0 heterocycles. The highest BCUT2D eigenvalue weighted by Gasteiger charge is 2.33. The number of ether oxygens (including phenoxy) is 3. The van der Waals surface area contributed by atoms with Gasteiger partial charge in [-0.1, -0.05) is 66.7 Å². The second-order valence-corrected chi connectivity index (χ2v) is 7.82. The second kappa shape index (κ2) is 14.3. The van der Waals surface area contributed by atoms with E-state index in [1.807, 2.05) is 30.0 Å². The lowest BCUT2D eigenvalue weighted by atomic mass is 9.87. The van der Waals surface area contributed by atoms with Gasteiger partial charge in [-0.2, -0.15) is 0 Å². The minimum Gasteiger partial charge on any atom is -0.378 e. The third-order valence-corrected chi connectivity index (χ3v) is 5.96. The standard InChI is InChI=1S/C24H31FO3S/c1-2-13-24(22-9-5-3-6-10-22,23-11-7-4-8-12-23)29-21-20-28-19-18-27-17-16-26-15-14-25/h2-12H,1,13-21H2. The van der Waals surface area contributed by atoms with Crippen LogP contribution in [0, 0.1) is 0 Å². The molecule has 0 aliphatic rings. The Bertz CT molecular complexity index is 627. The molecule has 0 saturated heterocycles. The van der Waals surface area contributed by atoms with Gasteiger partial charge in [-0.25, -0.2) is 4.39 Å². The summed E-state index contributed by atoms with van der Waals surface area (Å²) in [6.45, 7) is 6.25. The highest BCUT2D eigenvalue weighted by Crippen LogP contribution is 2.45. The molecular weight excluding hydrogens is 387 g/mol. The van der Waals surface area contributed by atoms with Crippen LogP contribution in [0.2, 0.25) is 0 Å². The van der Waals surface area contributed by atoms with Crippen LogP contribution in [-0.2, 0) is 19.0 Å². The second-order valence-electron chi connectivity index (χ2n) is 6.43. The summed E-state index contributed by atoms with van der Waals surface area (Å²) in [6.07, 6.45) is 2.83. The smallest absolute Gasteiger partial charge is 0.113 e.